The second-order valence-electron chi connectivity index (χ2n) is 6.41. The zero-order valence-corrected chi connectivity index (χ0v) is 16.7. The molecule has 150 valence electrons. The van der Waals surface area contributed by atoms with E-state index in [1.165, 1.54) is 7.11 Å². The monoisotopic (exact) mass is 406 g/mol. The predicted octanol–water partition coefficient (Wildman–Crippen LogP) is 1.81. The first-order chi connectivity index (χ1) is 13.3. The largest absolute Gasteiger partial charge is 0.495 e. The molecule has 2 aromatic rings. The van der Waals surface area contributed by atoms with Gasteiger partial charge in [-0.2, -0.15) is 0 Å². The quantitative estimate of drug-likeness (QED) is 0.754. The molecule has 9 heteroatoms. The Morgan fingerprint density at radius 2 is 1.93 bits per heavy atom. The molecule has 0 spiro atoms. The van der Waals surface area contributed by atoms with E-state index < -0.39 is 15.9 Å². The summed E-state index contributed by atoms with van der Waals surface area (Å²) < 4.78 is 41.5. The van der Waals surface area contributed by atoms with Crippen LogP contribution in [-0.2, 0) is 21.4 Å². The zero-order chi connectivity index (χ0) is 20.3. The van der Waals surface area contributed by atoms with Crippen LogP contribution in [0, 0.1) is 6.92 Å². The van der Waals surface area contributed by atoms with Crippen LogP contribution in [0.15, 0.2) is 36.4 Å². The van der Waals surface area contributed by atoms with E-state index in [-0.39, 0.29) is 19.9 Å². The number of sulfonamides is 1. The van der Waals surface area contributed by atoms with Gasteiger partial charge in [0, 0.05) is 6.54 Å². The van der Waals surface area contributed by atoms with E-state index in [9.17, 15) is 13.2 Å². The van der Waals surface area contributed by atoms with Crippen LogP contribution in [0.5, 0.6) is 17.2 Å². The second-order valence-corrected chi connectivity index (χ2v) is 8.32. The molecule has 0 atom stereocenters. The Morgan fingerprint density at radius 3 is 2.64 bits per heavy atom. The standard InChI is InChI=1S/C19H22N2O6S/c1-13-4-6-16(25-2)15(8-13)21(28(3,23)24)11-19(22)20-10-14-5-7-17-18(9-14)27-12-26-17/h4-9H,10-12H2,1-3H3,(H,20,22). The summed E-state index contributed by atoms with van der Waals surface area (Å²) in [7, 11) is -2.24. The lowest BCUT2D eigenvalue weighted by Crippen LogP contribution is -2.40. The first-order valence-corrected chi connectivity index (χ1v) is 10.4. The number of carbonyl (C=O) groups excluding carboxylic acids is 1. The van der Waals surface area contributed by atoms with Crippen LogP contribution in [0.1, 0.15) is 11.1 Å². The van der Waals surface area contributed by atoms with Crippen molar-refractivity contribution in [3.8, 4) is 17.2 Å². The van der Waals surface area contributed by atoms with Gasteiger partial charge in [0.15, 0.2) is 11.5 Å². The van der Waals surface area contributed by atoms with Crippen LogP contribution in [0.4, 0.5) is 5.69 Å². The summed E-state index contributed by atoms with van der Waals surface area (Å²) >= 11 is 0. The number of hydrogen-bond acceptors (Lipinski definition) is 6. The number of methoxy groups -OCH3 is 1. The SMILES string of the molecule is COc1ccc(C)cc1N(CC(=O)NCc1ccc2c(c1)OCO2)S(C)(=O)=O. The van der Waals surface area contributed by atoms with Crippen molar-refractivity contribution in [1.29, 1.82) is 0 Å². The molecule has 1 heterocycles. The Kier molecular flexibility index (Phi) is 5.64. The topological polar surface area (TPSA) is 94.2 Å². The van der Waals surface area contributed by atoms with E-state index in [0.29, 0.717) is 22.9 Å². The van der Waals surface area contributed by atoms with Crippen LogP contribution >= 0.6 is 0 Å². The van der Waals surface area contributed by atoms with E-state index in [1.54, 1.807) is 24.3 Å². The third-order valence-corrected chi connectivity index (χ3v) is 5.34. The average Bonchev–Trinajstić information content (AvgIpc) is 3.11. The lowest BCUT2D eigenvalue weighted by Gasteiger charge is -2.24. The number of nitrogens with zero attached hydrogens (tertiary/aromatic N) is 1. The minimum absolute atomic E-state index is 0.173. The van der Waals surface area contributed by atoms with E-state index in [0.717, 1.165) is 21.7 Å². The number of hydrogen-bond donors (Lipinski definition) is 1. The summed E-state index contributed by atoms with van der Waals surface area (Å²) in [5.41, 5.74) is 1.99. The molecule has 0 aliphatic carbocycles. The lowest BCUT2D eigenvalue weighted by molar-refractivity contribution is -0.119. The van der Waals surface area contributed by atoms with Gasteiger partial charge in [0.2, 0.25) is 22.7 Å². The summed E-state index contributed by atoms with van der Waals surface area (Å²) in [5, 5.41) is 2.73. The van der Waals surface area contributed by atoms with Gasteiger partial charge in [0.05, 0.1) is 19.1 Å². The maximum absolute atomic E-state index is 12.5. The van der Waals surface area contributed by atoms with E-state index in [4.69, 9.17) is 14.2 Å². The lowest BCUT2D eigenvalue weighted by atomic mass is 10.2. The van der Waals surface area contributed by atoms with E-state index in [1.807, 2.05) is 19.1 Å². The minimum atomic E-state index is -3.70. The number of fused-ring (bicyclic) bond motifs is 1. The van der Waals surface area contributed by atoms with Crippen LogP contribution in [0.3, 0.4) is 0 Å². The van der Waals surface area contributed by atoms with Gasteiger partial charge in [-0.1, -0.05) is 12.1 Å². The molecular weight excluding hydrogens is 384 g/mol. The van der Waals surface area contributed by atoms with Gasteiger partial charge in [-0.05, 0) is 42.3 Å². The molecule has 1 N–H and O–H groups in total. The third-order valence-electron chi connectivity index (χ3n) is 4.22. The van der Waals surface area contributed by atoms with Gasteiger partial charge in [-0.25, -0.2) is 8.42 Å². The molecule has 8 nitrogen and oxygen atoms in total. The predicted molar refractivity (Wildman–Crippen MR) is 104 cm³/mol. The number of ether oxygens (including phenoxy) is 3. The highest BCUT2D eigenvalue weighted by atomic mass is 32.2. The summed E-state index contributed by atoms with van der Waals surface area (Å²) in [6.45, 7) is 1.89. The van der Waals surface area contributed by atoms with Crippen molar-refractivity contribution in [2.75, 3.05) is 31.0 Å². The zero-order valence-electron chi connectivity index (χ0n) is 15.9. The molecule has 0 radical (unpaired) electrons. The van der Waals surface area contributed by atoms with Crippen molar-refractivity contribution in [3.63, 3.8) is 0 Å². The molecule has 2 aromatic carbocycles. The highest BCUT2D eigenvalue weighted by Crippen LogP contribution is 2.33. The Morgan fingerprint density at radius 1 is 1.18 bits per heavy atom. The van der Waals surface area contributed by atoms with Crippen LogP contribution < -0.4 is 23.8 Å². The van der Waals surface area contributed by atoms with Crippen LogP contribution in [-0.4, -0.2) is 41.0 Å². The highest BCUT2D eigenvalue weighted by molar-refractivity contribution is 7.92. The van der Waals surface area contributed by atoms with Crippen molar-refractivity contribution >= 4 is 21.6 Å². The van der Waals surface area contributed by atoms with Gasteiger partial charge in [0.1, 0.15) is 12.3 Å². The smallest absolute Gasteiger partial charge is 0.241 e. The fourth-order valence-corrected chi connectivity index (χ4v) is 3.67. The molecule has 0 aromatic heterocycles. The van der Waals surface area contributed by atoms with Crippen molar-refractivity contribution in [2.24, 2.45) is 0 Å². The molecule has 1 aliphatic heterocycles. The number of carbonyl (C=O) groups is 1. The fraction of sp³-hybridized carbons (Fsp3) is 0.316. The first kappa shape index (κ1) is 19.8. The summed E-state index contributed by atoms with van der Waals surface area (Å²) in [6.07, 6.45) is 1.06. The Balaban J connectivity index is 1.73. The van der Waals surface area contributed by atoms with Crippen molar-refractivity contribution < 1.29 is 27.4 Å². The minimum Gasteiger partial charge on any atom is -0.495 e. The first-order valence-electron chi connectivity index (χ1n) is 8.55. The maximum atomic E-state index is 12.5. The summed E-state index contributed by atoms with van der Waals surface area (Å²) in [6, 6.07) is 10.5. The summed E-state index contributed by atoms with van der Waals surface area (Å²) in [4.78, 5) is 12.5. The van der Waals surface area contributed by atoms with Gasteiger partial charge < -0.3 is 19.5 Å². The number of rotatable bonds is 7. The molecule has 1 amide bonds. The molecule has 0 saturated carbocycles. The normalized spacial score (nSPS) is 12.5. The number of nitrogens with one attached hydrogen (secondary N) is 1. The van der Waals surface area contributed by atoms with Gasteiger partial charge in [-0.3, -0.25) is 9.10 Å². The fourth-order valence-electron chi connectivity index (χ4n) is 2.81. The van der Waals surface area contributed by atoms with E-state index >= 15 is 0 Å². The van der Waals surface area contributed by atoms with Crippen molar-refractivity contribution in [3.05, 3.63) is 47.5 Å². The van der Waals surface area contributed by atoms with Crippen LogP contribution in [0.2, 0.25) is 0 Å². The van der Waals surface area contributed by atoms with Crippen LogP contribution in [0.25, 0.3) is 0 Å². The van der Waals surface area contributed by atoms with Gasteiger partial charge in [0.25, 0.3) is 0 Å². The molecule has 0 saturated heterocycles. The molecular formula is C19H22N2O6S. The molecule has 0 bridgehead atoms. The number of aryl methyl sites for hydroxylation is 1. The second kappa shape index (κ2) is 7.97. The average molecular weight is 406 g/mol. The van der Waals surface area contributed by atoms with E-state index in [2.05, 4.69) is 5.32 Å². The number of amides is 1. The highest BCUT2D eigenvalue weighted by Gasteiger charge is 2.24. The van der Waals surface area contributed by atoms with Gasteiger partial charge >= 0.3 is 0 Å². The van der Waals surface area contributed by atoms with Crippen molar-refractivity contribution in [2.45, 2.75) is 13.5 Å². The molecule has 0 unspecified atom stereocenters. The Bertz CT molecular complexity index is 990. The molecule has 0 fully saturated rings. The Labute approximate surface area is 164 Å². The number of anilines is 1. The molecule has 28 heavy (non-hydrogen) atoms. The van der Waals surface area contributed by atoms with Crippen molar-refractivity contribution in [1.82, 2.24) is 5.32 Å². The van der Waals surface area contributed by atoms with Gasteiger partial charge in [-0.15, -0.1) is 0 Å². The number of benzene rings is 2. The third kappa shape index (κ3) is 4.48. The maximum Gasteiger partial charge on any atom is 0.241 e. The molecule has 1 aliphatic rings. The molecule has 3 rings (SSSR count). The summed E-state index contributed by atoms with van der Waals surface area (Å²) in [5.74, 6) is 1.21. The Hall–Kier alpha value is -2.94.